The minimum atomic E-state index is -1.64. The van der Waals surface area contributed by atoms with Crippen LogP contribution in [0.4, 0.5) is 14.5 Å². The number of pyridine rings is 1. The third-order valence-electron chi connectivity index (χ3n) is 5.17. The van der Waals surface area contributed by atoms with Crippen LogP contribution in [-0.4, -0.2) is 46.9 Å². The molecule has 1 aromatic heterocycles. The maximum atomic E-state index is 15.7. The summed E-state index contributed by atoms with van der Waals surface area (Å²) in [5.41, 5.74) is 3.46. The van der Waals surface area contributed by atoms with Crippen LogP contribution in [0.15, 0.2) is 24.4 Å². The Kier molecular flexibility index (Phi) is 8.31. The molecule has 1 amide bonds. The standard InChI is InChI=1S/C23H34F2N4O2/c1-15(2)7-8-23(25,9-11-27-13-22(3,4)31)14-29-21(30)17-12-18(24)19(26)16-6-5-10-28-20(16)17/h5-6,10,12,15,27,31H,7-9,11,13-14,26H2,1-4H3,(H,29,30). The first-order chi connectivity index (χ1) is 14.4. The molecule has 0 saturated heterocycles. The van der Waals surface area contributed by atoms with Crippen molar-refractivity contribution in [2.75, 3.05) is 25.4 Å². The topological polar surface area (TPSA) is 100 Å². The van der Waals surface area contributed by atoms with Crippen LogP contribution in [0.25, 0.3) is 10.9 Å². The van der Waals surface area contributed by atoms with Gasteiger partial charge in [0.2, 0.25) is 0 Å². The Labute approximate surface area is 182 Å². The zero-order valence-corrected chi connectivity index (χ0v) is 18.8. The summed E-state index contributed by atoms with van der Waals surface area (Å²) in [6.07, 6.45) is 2.61. The molecule has 172 valence electrons. The van der Waals surface area contributed by atoms with Crippen molar-refractivity contribution in [2.45, 2.75) is 58.2 Å². The highest BCUT2D eigenvalue weighted by Crippen LogP contribution is 2.27. The predicted molar refractivity (Wildman–Crippen MR) is 120 cm³/mol. The number of hydrogen-bond acceptors (Lipinski definition) is 5. The quantitative estimate of drug-likeness (QED) is 0.319. The van der Waals surface area contributed by atoms with Gasteiger partial charge in [-0.15, -0.1) is 0 Å². The van der Waals surface area contributed by atoms with Gasteiger partial charge >= 0.3 is 0 Å². The Morgan fingerprint density at radius 2 is 2.00 bits per heavy atom. The van der Waals surface area contributed by atoms with E-state index in [2.05, 4.69) is 15.6 Å². The monoisotopic (exact) mass is 436 g/mol. The average Bonchev–Trinajstić information content (AvgIpc) is 2.70. The lowest BCUT2D eigenvalue weighted by Crippen LogP contribution is -2.43. The molecule has 2 rings (SSSR count). The summed E-state index contributed by atoms with van der Waals surface area (Å²) in [6.45, 7) is 7.86. The number of rotatable bonds is 11. The van der Waals surface area contributed by atoms with Gasteiger partial charge in [0.25, 0.3) is 5.91 Å². The Morgan fingerprint density at radius 1 is 1.29 bits per heavy atom. The zero-order valence-electron chi connectivity index (χ0n) is 18.8. The van der Waals surface area contributed by atoms with Crippen molar-refractivity contribution in [1.82, 2.24) is 15.6 Å². The number of aliphatic hydroxyl groups is 1. The minimum Gasteiger partial charge on any atom is -0.396 e. The van der Waals surface area contributed by atoms with E-state index in [0.29, 0.717) is 30.8 Å². The largest absolute Gasteiger partial charge is 0.396 e. The second-order valence-corrected chi connectivity index (χ2v) is 9.22. The van der Waals surface area contributed by atoms with Crippen molar-refractivity contribution in [1.29, 1.82) is 0 Å². The summed E-state index contributed by atoms with van der Waals surface area (Å²) in [4.78, 5) is 17.0. The van der Waals surface area contributed by atoms with Crippen molar-refractivity contribution >= 4 is 22.5 Å². The molecule has 0 saturated carbocycles. The van der Waals surface area contributed by atoms with Gasteiger partial charge in [0, 0.05) is 18.1 Å². The molecule has 2 aromatic rings. The number of anilines is 1. The van der Waals surface area contributed by atoms with Gasteiger partial charge in [-0.25, -0.2) is 8.78 Å². The Hall–Kier alpha value is -2.32. The second kappa shape index (κ2) is 10.3. The molecule has 0 aliphatic heterocycles. The first-order valence-corrected chi connectivity index (χ1v) is 10.6. The summed E-state index contributed by atoms with van der Waals surface area (Å²) < 4.78 is 29.9. The Balaban J connectivity index is 2.12. The van der Waals surface area contributed by atoms with Crippen LogP contribution in [0.3, 0.4) is 0 Å². The third kappa shape index (κ3) is 7.40. The zero-order chi connectivity index (χ0) is 23.2. The number of nitrogens with one attached hydrogen (secondary N) is 2. The SMILES string of the molecule is CC(C)CCC(F)(CCNCC(C)(C)O)CNC(=O)c1cc(F)c(N)c2cccnc12. The molecule has 1 aromatic carbocycles. The summed E-state index contributed by atoms with van der Waals surface area (Å²) in [7, 11) is 0. The van der Waals surface area contributed by atoms with E-state index in [-0.39, 0.29) is 36.2 Å². The number of nitrogens with zero attached hydrogens (tertiary/aromatic N) is 1. The van der Waals surface area contributed by atoms with Gasteiger partial charge in [-0.05, 0) is 63.8 Å². The number of amides is 1. The molecule has 6 nitrogen and oxygen atoms in total. The second-order valence-electron chi connectivity index (χ2n) is 9.22. The van der Waals surface area contributed by atoms with E-state index in [1.165, 1.54) is 6.20 Å². The first-order valence-electron chi connectivity index (χ1n) is 10.6. The van der Waals surface area contributed by atoms with E-state index in [1.807, 2.05) is 13.8 Å². The lowest BCUT2D eigenvalue weighted by molar-refractivity contribution is 0.0739. The van der Waals surface area contributed by atoms with Crippen LogP contribution in [0.2, 0.25) is 0 Å². The van der Waals surface area contributed by atoms with Gasteiger partial charge in [0.15, 0.2) is 0 Å². The van der Waals surface area contributed by atoms with Crippen molar-refractivity contribution < 1.29 is 18.7 Å². The van der Waals surface area contributed by atoms with E-state index in [4.69, 9.17) is 5.73 Å². The molecule has 0 fully saturated rings. The number of carbonyl (C=O) groups excluding carboxylic acids is 1. The highest BCUT2D eigenvalue weighted by atomic mass is 19.1. The van der Waals surface area contributed by atoms with E-state index in [9.17, 15) is 14.3 Å². The average molecular weight is 437 g/mol. The third-order valence-corrected chi connectivity index (χ3v) is 5.17. The van der Waals surface area contributed by atoms with Gasteiger partial charge in [0.1, 0.15) is 11.5 Å². The molecule has 5 N–H and O–H groups in total. The summed E-state index contributed by atoms with van der Waals surface area (Å²) in [5, 5.41) is 15.8. The van der Waals surface area contributed by atoms with Crippen molar-refractivity contribution in [3.63, 3.8) is 0 Å². The van der Waals surface area contributed by atoms with Gasteiger partial charge in [0.05, 0.1) is 28.9 Å². The summed E-state index contributed by atoms with van der Waals surface area (Å²) in [6, 6.07) is 4.24. The molecule has 1 heterocycles. The first kappa shape index (κ1) is 24.9. The molecule has 31 heavy (non-hydrogen) atoms. The van der Waals surface area contributed by atoms with Gasteiger partial charge in [-0.1, -0.05) is 13.8 Å². The van der Waals surface area contributed by atoms with Gasteiger partial charge in [-0.2, -0.15) is 0 Å². The number of nitrogens with two attached hydrogens (primary N) is 1. The van der Waals surface area contributed by atoms with Crippen molar-refractivity contribution in [3.8, 4) is 0 Å². The summed E-state index contributed by atoms with van der Waals surface area (Å²) in [5.74, 6) is -0.999. The number of nitrogen functional groups attached to an aromatic ring is 1. The van der Waals surface area contributed by atoms with Crippen LogP contribution >= 0.6 is 0 Å². The van der Waals surface area contributed by atoms with Gasteiger partial charge < -0.3 is 21.5 Å². The van der Waals surface area contributed by atoms with E-state index >= 15 is 4.39 Å². The van der Waals surface area contributed by atoms with Crippen molar-refractivity contribution in [2.24, 2.45) is 5.92 Å². The summed E-state index contributed by atoms with van der Waals surface area (Å²) >= 11 is 0. The molecule has 0 aliphatic carbocycles. The van der Waals surface area contributed by atoms with E-state index < -0.39 is 23.0 Å². The van der Waals surface area contributed by atoms with Crippen LogP contribution in [-0.2, 0) is 0 Å². The highest BCUT2D eigenvalue weighted by Gasteiger charge is 2.30. The van der Waals surface area contributed by atoms with Crippen LogP contribution < -0.4 is 16.4 Å². The number of carbonyl (C=O) groups is 1. The molecule has 1 atom stereocenters. The van der Waals surface area contributed by atoms with E-state index in [1.54, 1.807) is 26.0 Å². The lowest BCUT2D eigenvalue weighted by Gasteiger charge is -2.28. The smallest absolute Gasteiger partial charge is 0.253 e. The predicted octanol–water partition coefficient (Wildman–Crippen LogP) is 3.58. The van der Waals surface area contributed by atoms with Crippen LogP contribution in [0.5, 0.6) is 0 Å². The number of aromatic nitrogens is 1. The molecular formula is C23H34F2N4O2. The number of benzene rings is 1. The molecule has 0 bridgehead atoms. The fraction of sp³-hybridized carbons (Fsp3) is 0.565. The van der Waals surface area contributed by atoms with Crippen molar-refractivity contribution in [3.05, 3.63) is 35.8 Å². The van der Waals surface area contributed by atoms with Crippen LogP contribution in [0, 0.1) is 11.7 Å². The lowest BCUT2D eigenvalue weighted by atomic mass is 9.91. The fourth-order valence-corrected chi connectivity index (χ4v) is 3.30. The molecule has 0 spiro atoms. The minimum absolute atomic E-state index is 0.0219. The Morgan fingerprint density at radius 3 is 2.65 bits per heavy atom. The highest BCUT2D eigenvalue weighted by molar-refractivity contribution is 6.08. The molecular weight excluding hydrogens is 402 g/mol. The van der Waals surface area contributed by atoms with Crippen LogP contribution in [0.1, 0.15) is 57.3 Å². The van der Waals surface area contributed by atoms with Gasteiger partial charge in [-0.3, -0.25) is 9.78 Å². The molecule has 0 aliphatic rings. The molecule has 8 heteroatoms. The number of fused-ring (bicyclic) bond motifs is 1. The molecule has 1 unspecified atom stereocenters. The normalized spacial score (nSPS) is 14.1. The fourth-order valence-electron chi connectivity index (χ4n) is 3.30. The molecule has 0 radical (unpaired) electrons. The number of hydrogen-bond donors (Lipinski definition) is 4. The maximum Gasteiger partial charge on any atom is 0.253 e. The maximum absolute atomic E-state index is 15.7. The Bertz CT molecular complexity index is 899. The number of alkyl halides is 1. The van der Waals surface area contributed by atoms with E-state index in [0.717, 1.165) is 6.07 Å². The number of halogens is 2.